The minimum atomic E-state index is -0.510. The molecular formula is C14H14N2O3S2. The summed E-state index contributed by atoms with van der Waals surface area (Å²) in [6.45, 7) is 0.255. The number of aromatic nitrogens is 2. The van der Waals surface area contributed by atoms with E-state index in [-0.39, 0.29) is 12.1 Å². The summed E-state index contributed by atoms with van der Waals surface area (Å²) in [5.74, 6) is 0. The first-order chi connectivity index (χ1) is 10.2. The normalized spacial score (nSPS) is 11.8. The smallest absolute Gasteiger partial charge is 0.272 e. The number of ether oxygens (including phenoxy) is 2. The van der Waals surface area contributed by atoms with Crippen LogP contribution in [-0.4, -0.2) is 30.1 Å². The molecule has 0 fully saturated rings. The molecule has 0 saturated carbocycles. The number of rotatable bonds is 4. The maximum Gasteiger partial charge on any atom is 0.272 e. The predicted octanol–water partition coefficient (Wildman–Crippen LogP) is 2.89. The lowest BCUT2D eigenvalue weighted by atomic mass is 10.2. The van der Waals surface area contributed by atoms with Crippen molar-refractivity contribution < 1.29 is 9.47 Å². The fraction of sp³-hybridized carbons (Fsp3) is 0.286. The molecule has 0 radical (unpaired) electrons. The molecule has 0 amide bonds. The van der Waals surface area contributed by atoms with Crippen LogP contribution in [0.3, 0.4) is 0 Å². The van der Waals surface area contributed by atoms with Crippen LogP contribution in [-0.2, 0) is 16.0 Å². The molecule has 0 spiro atoms. The lowest BCUT2D eigenvalue weighted by molar-refractivity contribution is -0.111. The number of H-pyrrole nitrogens is 1. The third kappa shape index (κ3) is 2.42. The third-order valence-electron chi connectivity index (χ3n) is 3.37. The van der Waals surface area contributed by atoms with E-state index in [0.717, 1.165) is 15.6 Å². The average Bonchev–Trinajstić information content (AvgIpc) is 2.86. The molecule has 0 saturated heterocycles. The Hall–Kier alpha value is -1.54. The maximum atomic E-state index is 12.7. The summed E-state index contributed by atoms with van der Waals surface area (Å²) < 4.78 is 13.9. The second-order valence-corrected chi connectivity index (χ2v) is 5.99. The second kappa shape index (κ2) is 5.69. The van der Waals surface area contributed by atoms with Crippen LogP contribution in [0.15, 0.2) is 29.1 Å². The number of benzene rings is 1. The molecule has 0 aliphatic rings. The minimum Gasteiger partial charge on any atom is -0.354 e. The van der Waals surface area contributed by atoms with Gasteiger partial charge in [-0.15, -0.1) is 11.3 Å². The number of nitrogens with zero attached hydrogens (tertiary/aromatic N) is 1. The molecular weight excluding hydrogens is 308 g/mol. The summed E-state index contributed by atoms with van der Waals surface area (Å²) in [7, 11) is 3.06. The predicted molar refractivity (Wildman–Crippen MR) is 86.6 cm³/mol. The molecule has 21 heavy (non-hydrogen) atoms. The molecule has 0 aliphatic heterocycles. The van der Waals surface area contributed by atoms with Crippen molar-refractivity contribution in [1.82, 2.24) is 9.55 Å². The van der Waals surface area contributed by atoms with E-state index < -0.39 is 6.29 Å². The first kappa shape index (κ1) is 14.4. The van der Waals surface area contributed by atoms with Crippen LogP contribution < -0.4 is 5.56 Å². The van der Waals surface area contributed by atoms with Gasteiger partial charge in [0.05, 0.1) is 12.1 Å². The first-order valence-corrected chi connectivity index (χ1v) is 7.58. The van der Waals surface area contributed by atoms with Gasteiger partial charge in [-0.25, -0.2) is 0 Å². The van der Waals surface area contributed by atoms with E-state index in [2.05, 4.69) is 4.98 Å². The zero-order chi connectivity index (χ0) is 15.0. The highest BCUT2D eigenvalue weighted by Crippen LogP contribution is 2.29. The lowest BCUT2D eigenvalue weighted by Gasteiger charge is -2.14. The number of hydrogen-bond acceptors (Lipinski definition) is 5. The summed E-state index contributed by atoms with van der Waals surface area (Å²) in [4.78, 5) is 15.8. The molecule has 3 aromatic rings. The van der Waals surface area contributed by atoms with Gasteiger partial charge < -0.3 is 14.5 Å². The Labute approximate surface area is 129 Å². The van der Waals surface area contributed by atoms with Crippen molar-refractivity contribution in [2.45, 2.75) is 12.8 Å². The zero-order valence-electron chi connectivity index (χ0n) is 11.6. The molecule has 0 aliphatic carbocycles. The maximum absolute atomic E-state index is 12.7. The fourth-order valence-corrected chi connectivity index (χ4v) is 3.64. The summed E-state index contributed by atoms with van der Waals surface area (Å²) in [6.07, 6.45) is -0.510. The first-order valence-electron chi connectivity index (χ1n) is 6.35. The molecule has 1 N–H and O–H groups in total. The van der Waals surface area contributed by atoms with Crippen LogP contribution in [0.2, 0.25) is 0 Å². The standard InChI is InChI=1S/C14H14N2O3S2/c1-18-10(19-2)7-16-13(17)12-11(15-14(16)20)8-5-3-4-6-9(8)21-12/h3-6,10H,7H2,1-2H3,(H,15,20). The second-order valence-electron chi connectivity index (χ2n) is 4.55. The Bertz CT molecular complexity index is 906. The van der Waals surface area contributed by atoms with Crippen LogP contribution in [0.1, 0.15) is 0 Å². The molecule has 2 aromatic heterocycles. The van der Waals surface area contributed by atoms with Gasteiger partial charge in [0.25, 0.3) is 5.56 Å². The van der Waals surface area contributed by atoms with Gasteiger partial charge in [-0.05, 0) is 18.3 Å². The van der Waals surface area contributed by atoms with E-state index in [1.807, 2.05) is 24.3 Å². The quantitative estimate of drug-likeness (QED) is 0.593. The van der Waals surface area contributed by atoms with Crippen molar-refractivity contribution in [1.29, 1.82) is 0 Å². The number of methoxy groups -OCH3 is 2. The molecule has 0 unspecified atom stereocenters. The van der Waals surface area contributed by atoms with E-state index in [0.29, 0.717) is 9.47 Å². The molecule has 3 rings (SSSR count). The molecule has 0 bridgehead atoms. The number of hydrogen-bond donors (Lipinski definition) is 1. The van der Waals surface area contributed by atoms with Crippen molar-refractivity contribution in [3.8, 4) is 0 Å². The molecule has 110 valence electrons. The van der Waals surface area contributed by atoms with Crippen molar-refractivity contribution in [2.24, 2.45) is 0 Å². The van der Waals surface area contributed by atoms with Gasteiger partial charge in [0.2, 0.25) is 0 Å². The van der Waals surface area contributed by atoms with Crippen LogP contribution in [0.5, 0.6) is 0 Å². The molecule has 0 atom stereocenters. The van der Waals surface area contributed by atoms with Crippen LogP contribution in [0, 0.1) is 4.77 Å². The Morgan fingerprint density at radius 1 is 1.33 bits per heavy atom. The summed E-state index contributed by atoms with van der Waals surface area (Å²) >= 11 is 6.77. The monoisotopic (exact) mass is 322 g/mol. The fourth-order valence-electron chi connectivity index (χ4n) is 2.27. The Kier molecular flexibility index (Phi) is 3.90. The Morgan fingerprint density at radius 3 is 2.76 bits per heavy atom. The van der Waals surface area contributed by atoms with Gasteiger partial charge in [0.15, 0.2) is 11.1 Å². The molecule has 2 heterocycles. The van der Waals surface area contributed by atoms with Gasteiger partial charge in [-0.3, -0.25) is 9.36 Å². The van der Waals surface area contributed by atoms with Crippen LogP contribution in [0.4, 0.5) is 0 Å². The average molecular weight is 322 g/mol. The molecule has 5 nitrogen and oxygen atoms in total. The van der Waals surface area contributed by atoms with Crippen molar-refractivity contribution in [3.63, 3.8) is 0 Å². The van der Waals surface area contributed by atoms with E-state index in [9.17, 15) is 4.79 Å². The van der Waals surface area contributed by atoms with E-state index in [4.69, 9.17) is 21.7 Å². The van der Waals surface area contributed by atoms with Crippen molar-refractivity contribution in [3.05, 3.63) is 39.4 Å². The van der Waals surface area contributed by atoms with Gasteiger partial charge in [0.1, 0.15) is 4.70 Å². The SMILES string of the molecule is COC(Cn1c(=S)[nH]c2c(sc3ccccc32)c1=O)OC. The Balaban J connectivity index is 2.26. The van der Waals surface area contributed by atoms with Gasteiger partial charge >= 0.3 is 0 Å². The van der Waals surface area contributed by atoms with Crippen molar-refractivity contribution in [2.75, 3.05) is 14.2 Å². The van der Waals surface area contributed by atoms with Gasteiger partial charge in [0, 0.05) is 24.3 Å². The molecule has 7 heteroatoms. The zero-order valence-corrected chi connectivity index (χ0v) is 13.2. The summed E-state index contributed by atoms with van der Waals surface area (Å²) in [6, 6.07) is 7.88. The van der Waals surface area contributed by atoms with Gasteiger partial charge in [-0.2, -0.15) is 0 Å². The largest absolute Gasteiger partial charge is 0.354 e. The summed E-state index contributed by atoms with van der Waals surface area (Å²) in [5.41, 5.74) is 0.683. The highest BCUT2D eigenvalue weighted by Gasteiger charge is 2.14. The third-order valence-corrected chi connectivity index (χ3v) is 4.85. The van der Waals surface area contributed by atoms with E-state index in [1.165, 1.54) is 30.1 Å². The highest BCUT2D eigenvalue weighted by molar-refractivity contribution is 7.71. The van der Waals surface area contributed by atoms with Crippen LogP contribution in [0.25, 0.3) is 20.3 Å². The van der Waals surface area contributed by atoms with Crippen LogP contribution >= 0.6 is 23.6 Å². The Morgan fingerprint density at radius 2 is 2.05 bits per heavy atom. The van der Waals surface area contributed by atoms with E-state index in [1.54, 1.807) is 0 Å². The number of fused-ring (bicyclic) bond motifs is 3. The minimum absolute atomic E-state index is 0.117. The summed E-state index contributed by atoms with van der Waals surface area (Å²) in [5, 5.41) is 1.02. The topological polar surface area (TPSA) is 56.2 Å². The number of nitrogens with one attached hydrogen (secondary N) is 1. The lowest BCUT2D eigenvalue weighted by Crippen LogP contribution is -2.29. The van der Waals surface area contributed by atoms with E-state index >= 15 is 0 Å². The van der Waals surface area contributed by atoms with Crippen molar-refractivity contribution >= 4 is 43.9 Å². The number of thiophene rings is 1. The molecule has 1 aromatic carbocycles. The highest BCUT2D eigenvalue weighted by atomic mass is 32.1. The van der Waals surface area contributed by atoms with Gasteiger partial charge in [-0.1, -0.05) is 18.2 Å². The number of aromatic amines is 1.